The normalized spacial score (nSPS) is 28.0. The summed E-state index contributed by atoms with van der Waals surface area (Å²) < 4.78 is 0. The van der Waals surface area contributed by atoms with Crippen LogP contribution in [0.15, 0.2) is 5.11 Å². The van der Waals surface area contributed by atoms with Crippen LogP contribution in [-0.2, 0) is 0 Å². The molecule has 6 nitrogen and oxygen atoms in total. The van der Waals surface area contributed by atoms with Crippen LogP contribution >= 0.6 is 0 Å². The minimum atomic E-state index is -1.02. The number of carbonyl (C=O) groups is 1. The Morgan fingerprint density at radius 3 is 2.82 bits per heavy atom. The maximum Gasteiger partial charge on any atom is 0.404 e. The van der Waals surface area contributed by atoms with Crippen LogP contribution in [0, 0.1) is 0 Å². The zero-order chi connectivity index (χ0) is 8.27. The van der Waals surface area contributed by atoms with E-state index in [4.69, 9.17) is 10.6 Å². The number of nitrogens with zero attached hydrogens (tertiary/aromatic N) is 3. The van der Waals surface area contributed by atoms with Crippen LogP contribution in [0.2, 0.25) is 0 Å². The van der Waals surface area contributed by atoms with Gasteiger partial charge in [0.15, 0.2) is 0 Å². The number of hydrogen-bond donors (Lipinski definition) is 2. The van der Waals surface area contributed by atoms with Gasteiger partial charge in [-0.25, -0.2) is 4.79 Å². The van der Waals surface area contributed by atoms with Crippen molar-refractivity contribution in [1.29, 1.82) is 0 Å². The Labute approximate surface area is 62.8 Å². The molecule has 1 rings (SSSR count). The number of azide groups is 1. The third kappa shape index (κ3) is 2.01. The Kier molecular flexibility index (Phi) is 2.18. The molecule has 0 aromatic heterocycles. The predicted octanol–water partition coefficient (Wildman–Crippen LogP) is 1.10. The summed E-state index contributed by atoms with van der Waals surface area (Å²) in [7, 11) is 0. The van der Waals surface area contributed by atoms with E-state index in [1.165, 1.54) is 0 Å². The zero-order valence-corrected chi connectivity index (χ0v) is 5.77. The highest BCUT2D eigenvalue weighted by atomic mass is 16.4. The number of hydrogen-bond acceptors (Lipinski definition) is 2. The quantitative estimate of drug-likeness (QED) is 0.355. The largest absolute Gasteiger partial charge is 0.465 e. The van der Waals surface area contributed by atoms with Crippen molar-refractivity contribution in [2.75, 3.05) is 0 Å². The summed E-state index contributed by atoms with van der Waals surface area (Å²) in [5, 5.41) is 14.0. The van der Waals surface area contributed by atoms with E-state index in [1.54, 1.807) is 0 Å². The van der Waals surface area contributed by atoms with Gasteiger partial charge in [-0.1, -0.05) is 5.11 Å². The molecule has 0 aromatic rings. The molecule has 2 N–H and O–H groups in total. The van der Waals surface area contributed by atoms with Gasteiger partial charge in [0.05, 0.1) is 0 Å². The summed E-state index contributed by atoms with van der Waals surface area (Å²) in [5.41, 5.74) is 7.99. The Morgan fingerprint density at radius 1 is 1.73 bits per heavy atom. The summed E-state index contributed by atoms with van der Waals surface area (Å²) in [4.78, 5) is 12.7. The second kappa shape index (κ2) is 3.12. The van der Waals surface area contributed by atoms with Crippen molar-refractivity contribution in [3.8, 4) is 0 Å². The number of nitrogens with one attached hydrogen (secondary N) is 1. The molecular formula is C5H8N4O2. The fraction of sp³-hybridized carbons (Fsp3) is 0.800. The molecule has 60 valence electrons. The fourth-order valence-corrected chi connectivity index (χ4v) is 1.05. The lowest BCUT2D eigenvalue weighted by atomic mass is 9.88. The molecule has 0 spiro atoms. The highest BCUT2D eigenvalue weighted by Crippen LogP contribution is 2.23. The molecular weight excluding hydrogens is 148 g/mol. The van der Waals surface area contributed by atoms with E-state index in [0.717, 1.165) is 0 Å². The van der Waals surface area contributed by atoms with E-state index < -0.39 is 6.09 Å². The smallest absolute Gasteiger partial charge is 0.404 e. The first-order valence-corrected chi connectivity index (χ1v) is 3.26. The van der Waals surface area contributed by atoms with Crippen molar-refractivity contribution in [3.63, 3.8) is 0 Å². The third-order valence-corrected chi connectivity index (χ3v) is 1.66. The lowest BCUT2D eigenvalue weighted by Gasteiger charge is -2.31. The first-order valence-electron chi connectivity index (χ1n) is 3.26. The molecule has 0 aliphatic heterocycles. The second-order valence-electron chi connectivity index (χ2n) is 2.48. The SMILES string of the molecule is [N-]=[N+]=N[C@H]1C[C@H](NC(=O)O)C1. The number of rotatable bonds is 2. The number of amides is 1. The Bertz CT molecular complexity index is 205. The fourth-order valence-electron chi connectivity index (χ4n) is 1.05. The summed E-state index contributed by atoms with van der Waals surface area (Å²) in [5.74, 6) is 0. The van der Waals surface area contributed by atoms with Gasteiger partial charge in [0.1, 0.15) is 0 Å². The van der Waals surface area contributed by atoms with E-state index in [2.05, 4.69) is 15.3 Å². The monoisotopic (exact) mass is 156 g/mol. The van der Waals surface area contributed by atoms with Gasteiger partial charge in [-0.15, -0.1) is 0 Å². The molecule has 0 saturated heterocycles. The van der Waals surface area contributed by atoms with Crippen LogP contribution in [0.4, 0.5) is 4.79 Å². The average molecular weight is 156 g/mol. The highest BCUT2D eigenvalue weighted by molar-refractivity contribution is 5.65. The molecule has 1 aliphatic carbocycles. The lowest BCUT2D eigenvalue weighted by molar-refractivity contribution is 0.178. The van der Waals surface area contributed by atoms with Crippen LogP contribution in [0.25, 0.3) is 10.4 Å². The molecule has 0 atom stereocenters. The average Bonchev–Trinajstić information content (AvgIpc) is 1.82. The molecule has 0 radical (unpaired) electrons. The van der Waals surface area contributed by atoms with E-state index in [1.807, 2.05) is 0 Å². The third-order valence-electron chi connectivity index (χ3n) is 1.66. The van der Waals surface area contributed by atoms with E-state index >= 15 is 0 Å². The lowest BCUT2D eigenvalue weighted by Crippen LogP contribution is -2.45. The van der Waals surface area contributed by atoms with Gasteiger partial charge < -0.3 is 10.4 Å². The van der Waals surface area contributed by atoms with Gasteiger partial charge in [0.2, 0.25) is 0 Å². The molecule has 0 unspecified atom stereocenters. The maximum absolute atomic E-state index is 10.1. The second-order valence-corrected chi connectivity index (χ2v) is 2.48. The first-order chi connectivity index (χ1) is 5.22. The van der Waals surface area contributed by atoms with Gasteiger partial charge in [-0.05, 0) is 18.4 Å². The van der Waals surface area contributed by atoms with Gasteiger partial charge >= 0.3 is 6.09 Å². The molecule has 6 heteroatoms. The molecule has 0 heterocycles. The Morgan fingerprint density at radius 2 is 2.36 bits per heavy atom. The maximum atomic E-state index is 10.1. The van der Waals surface area contributed by atoms with Gasteiger partial charge in [0.25, 0.3) is 0 Å². The highest BCUT2D eigenvalue weighted by Gasteiger charge is 2.28. The zero-order valence-electron chi connectivity index (χ0n) is 5.77. The van der Waals surface area contributed by atoms with Gasteiger partial charge in [-0.2, -0.15) is 0 Å². The standard InChI is InChI=1S/C5H8N4O2/c6-9-8-4-1-3(2-4)7-5(10)11/h3-4,7H,1-2H2,(H,10,11)/t3-,4-. The van der Waals surface area contributed by atoms with Crippen molar-refractivity contribution in [2.24, 2.45) is 5.11 Å². The van der Waals surface area contributed by atoms with Crippen LogP contribution < -0.4 is 5.32 Å². The van der Waals surface area contributed by atoms with E-state index in [-0.39, 0.29) is 12.1 Å². The van der Waals surface area contributed by atoms with Crippen LogP contribution in [0.3, 0.4) is 0 Å². The summed E-state index contributed by atoms with van der Waals surface area (Å²) in [6, 6.07) is -0.0418. The van der Waals surface area contributed by atoms with Gasteiger partial charge in [0, 0.05) is 17.0 Å². The van der Waals surface area contributed by atoms with Crippen LogP contribution in [0.1, 0.15) is 12.8 Å². The molecule has 1 aliphatic rings. The molecule has 1 fully saturated rings. The minimum absolute atomic E-state index is 0.0168. The molecule has 0 aromatic carbocycles. The number of carboxylic acid groups (broad SMARTS) is 1. The molecule has 11 heavy (non-hydrogen) atoms. The first kappa shape index (κ1) is 7.68. The summed E-state index contributed by atoms with van der Waals surface area (Å²) in [6.45, 7) is 0. The topological polar surface area (TPSA) is 98.1 Å². The van der Waals surface area contributed by atoms with Crippen molar-refractivity contribution in [2.45, 2.75) is 24.9 Å². The summed E-state index contributed by atoms with van der Waals surface area (Å²) in [6.07, 6.45) is 0.224. The van der Waals surface area contributed by atoms with Crippen LogP contribution in [0.5, 0.6) is 0 Å². The predicted molar refractivity (Wildman–Crippen MR) is 37.1 cm³/mol. The minimum Gasteiger partial charge on any atom is -0.465 e. The Balaban J connectivity index is 2.19. The molecule has 1 saturated carbocycles. The molecule has 0 bridgehead atoms. The van der Waals surface area contributed by atoms with Crippen molar-refractivity contribution in [1.82, 2.24) is 5.32 Å². The Hall–Kier alpha value is -1.42. The molecule has 1 amide bonds. The van der Waals surface area contributed by atoms with E-state index in [9.17, 15) is 4.79 Å². The van der Waals surface area contributed by atoms with E-state index in [0.29, 0.717) is 12.8 Å². The van der Waals surface area contributed by atoms with Crippen molar-refractivity contribution >= 4 is 6.09 Å². The summed E-state index contributed by atoms with van der Waals surface area (Å²) >= 11 is 0. The van der Waals surface area contributed by atoms with Crippen LogP contribution in [-0.4, -0.2) is 23.3 Å². The van der Waals surface area contributed by atoms with Crippen molar-refractivity contribution in [3.05, 3.63) is 10.4 Å². The van der Waals surface area contributed by atoms with Gasteiger partial charge in [-0.3, -0.25) is 0 Å². The van der Waals surface area contributed by atoms with Crippen molar-refractivity contribution < 1.29 is 9.90 Å².